The quantitative estimate of drug-likeness (QED) is 0.743. The van der Waals surface area contributed by atoms with Gasteiger partial charge in [0.2, 0.25) is 0 Å². The fourth-order valence-corrected chi connectivity index (χ4v) is 3.38. The number of rotatable bonds is 6. The van der Waals surface area contributed by atoms with Crippen LogP contribution in [-0.2, 0) is 13.0 Å². The van der Waals surface area contributed by atoms with Gasteiger partial charge in [-0.15, -0.1) is 0 Å². The van der Waals surface area contributed by atoms with Crippen LogP contribution < -0.4 is 10.9 Å². The molecular weight excluding hydrogens is 322 g/mol. The van der Waals surface area contributed by atoms with Gasteiger partial charge in [-0.2, -0.15) is 0 Å². The topological polar surface area (TPSA) is 51.0 Å². The van der Waals surface area contributed by atoms with Crippen LogP contribution in [0.3, 0.4) is 0 Å². The molecule has 0 radical (unpaired) electrons. The van der Waals surface area contributed by atoms with Crippen molar-refractivity contribution < 1.29 is 5.32 Å². The molecular formula is C22H28N3O+. The van der Waals surface area contributed by atoms with E-state index in [0.29, 0.717) is 24.2 Å². The zero-order valence-corrected chi connectivity index (χ0v) is 16.1. The second kappa shape index (κ2) is 7.83. The molecule has 3 rings (SSSR count). The predicted molar refractivity (Wildman–Crippen MR) is 105 cm³/mol. The summed E-state index contributed by atoms with van der Waals surface area (Å²) >= 11 is 0. The van der Waals surface area contributed by atoms with Crippen LogP contribution in [0.25, 0.3) is 5.65 Å². The summed E-state index contributed by atoms with van der Waals surface area (Å²) in [4.78, 5) is 17.0. The minimum atomic E-state index is -0.0181. The average Bonchev–Trinajstić information content (AvgIpc) is 2.63. The summed E-state index contributed by atoms with van der Waals surface area (Å²) in [5, 5.41) is 2.29. The fraction of sp³-hybridized carbons (Fsp3) is 0.364. The van der Waals surface area contributed by atoms with Gasteiger partial charge in [-0.05, 0) is 30.5 Å². The van der Waals surface area contributed by atoms with Crippen molar-refractivity contribution in [2.45, 2.75) is 46.7 Å². The van der Waals surface area contributed by atoms with Crippen LogP contribution in [0.2, 0.25) is 0 Å². The summed E-state index contributed by atoms with van der Waals surface area (Å²) in [6.07, 6.45) is 2.89. The summed E-state index contributed by atoms with van der Waals surface area (Å²) in [5.41, 5.74) is 5.25. The number of nitrogens with two attached hydrogens (primary N) is 1. The van der Waals surface area contributed by atoms with Gasteiger partial charge in [0.15, 0.2) is 0 Å². The van der Waals surface area contributed by atoms with Gasteiger partial charge < -0.3 is 5.32 Å². The maximum atomic E-state index is 12.4. The molecule has 2 aromatic heterocycles. The molecule has 0 aliphatic carbocycles. The van der Waals surface area contributed by atoms with Crippen LogP contribution in [0.4, 0.5) is 0 Å². The van der Waals surface area contributed by atoms with Gasteiger partial charge in [-0.3, -0.25) is 9.20 Å². The van der Waals surface area contributed by atoms with Crippen molar-refractivity contribution >= 4 is 5.65 Å². The summed E-state index contributed by atoms with van der Waals surface area (Å²) in [7, 11) is 0. The second-order valence-corrected chi connectivity index (χ2v) is 7.33. The Morgan fingerprint density at radius 1 is 1.12 bits per heavy atom. The van der Waals surface area contributed by atoms with Gasteiger partial charge in [-0.1, -0.05) is 51.1 Å². The van der Waals surface area contributed by atoms with Crippen LogP contribution in [0, 0.1) is 12.8 Å². The summed E-state index contributed by atoms with van der Waals surface area (Å²) in [6.45, 7) is 9.32. The minimum absolute atomic E-state index is 0.0181. The third-order valence-electron chi connectivity index (χ3n) is 4.93. The highest BCUT2D eigenvalue weighted by molar-refractivity contribution is 5.39. The van der Waals surface area contributed by atoms with Gasteiger partial charge in [-0.25, -0.2) is 4.98 Å². The second-order valence-electron chi connectivity index (χ2n) is 7.33. The number of nitrogens with zero attached hydrogens (tertiary/aromatic N) is 2. The normalized spacial score (nSPS) is 12.7. The molecule has 0 aliphatic rings. The zero-order chi connectivity index (χ0) is 18.7. The van der Waals surface area contributed by atoms with E-state index in [1.165, 1.54) is 11.1 Å². The Kier molecular flexibility index (Phi) is 5.52. The molecule has 2 N–H and O–H groups in total. The average molecular weight is 350 g/mol. The lowest BCUT2D eigenvalue weighted by molar-refractivity contribution is -0.717. The predicted octanol–water partition coefficient (Wildman–Crippen LogP) is 3.03. The minimum Gasteiger partial charge on any atom is -0.335 e. The molecule has 1 atom stereocenters. The van der Waals surface area contributed by atoms with Crippen LogP contribution in [0.5, 0.6) is 0 Å². The van der Waals surface area contributed by atoms with E-state index in [2.05, 4.69) is 55.3 Å². The fourth-order valence-electron chi connectivity index (χ4n) is 3.38. The Labute approximate surface area is 154 Å². The largest absolute Gasteiger partial charge is 0.335 e. The molecule has 1 aromatic carbocycles. The third kappa shape index (κ3) is 4.02. The van der Waals surface area contributed by atoms with E-state index in [-0.39, 0.29) is 5.56 Å². The van der Waals surface area contributed by atoms with Crippen molar-refractivity contribution in [3.8, 4) is 0 Å². The number of pyridine rings is 1. The molecule has 0 fully saturated rings. The van der Waals surface area contributed by atoms with E-state index in [1.807, 2.05) is 25.3 Å². The molecule has 3 aromatic rings. The van der Waals surface area contributed by atoms with Crippen LogP contribution in [0.15, 0.2) is 53.5 Å². The summed E-state index contributed by atoms with van der Waals surface area (Å²) < 4.78 is 1.61. The van der Waals surface area contributed by atoms with E-state index in [9.17, 15) is 4.79 Å². The van der Waals surface area contributed by atoms with Gasteiger partial charge in [0, 0.05) is 23.7 Å². The highest BCUT2D eigenvalue weighted by Gasteiger charge is 2.19. The van der Waals surface area contributed by atoms with E-state index >= 15 is 0 Å². The van der Waals surface area contributed by atoms with Crippen LogP contribution >= 0.6 is 0 Å². The lowest BCUT2D eigenvalue weighted by Crippen LogP contribution is -2.84. The SMILES string of the molecule is CCc1ccc([C@@H]([NH2+]Cc2cc(=O)n3cc(C)ccc3n2)C(C)C)cc1. The maximum absolute atomic E-state index is 12.4. The molecule has 0 unspecified atom stereocenters. The maximum Gasteiger partial charge on any atom is 0.258 e. The van der Waals surface area contributed by atoms with Crippen LogP contribution in [0.1, 0.15) is 49.2 Å². The molecule has 0 saturated heterocycles. The zero-order valence-electron chi connectivity index (χ0n) is 16.1. The van der Waals surface area contributed by atoms with Crippen molar-refractivity contribution in [2.24, 2.45) is 5.92 Å². The number of hydrogen-bond acceptors (Lipinski definition) is 2. The molecule has 4 heteroatoms. The first-order valence-electron chi connectivity index (χ1n) is 9.39. The van der Waals surface area contributed by atoms with E-state index < -0.39 is 0 Å². The van der Waals surface area contributed by atoms with Crippen molar-refractivity contribution in [3.05, 3.63) is 81.4 Å². The Hall–Kier alpha value is -2.46. The van der Waals surface area contributed by atoms with Gasteiger partial charge in [0.1, 0.15) is 23.9 Å². The standard InChI is InChI=1S/C22H27N3O/c1-5-17-7-9-18(10-8-17)22(15(2)3)23-13-19-12-21(26)25-14-16(4)6-11-20(25)24-19/h6-12,14-15,22-23H,5,13H2,1-4H3/p+1/t22-/m0/s1. The van der Waals surface area contributed by atoms with Crippen molar-refractivity contribution in [2.75, 3.05) is 0 Å². The Bertz CT molecular complexity index is 942. The number of hydrogen-bond donors (Lipinski definition) is 1. The highest BCUT2D eigenvalue weighted by atomic mass is 16.1. The molecule has 0 spiro atoms. The third-order valence-corrected chi connectivity index (χ3v) is 4.93. The summed E-state index contributed by atoms with van der Waals surface area (Å²) in [5.74, 6) is 0.492. The summed E-state index contributed by atoms with van der Waals surface area (Å²) in [6, 6.07) is 14.8. The molecule has 2 heterocycles. The van der Waals surface area contributed by atoms with Crippen molar-refractivity contribution in [1.82, 2.24) is 9.38 Å². The number of aryl methyl sites for hydroxylation is 2. The Balaban J connectivity index is 1.81. The van der Waals surface area contributed by atoms with E-state index in [4.69, 9.17) is 0 Å². The number of quaternary nitrogens is 1. The molecule has 0 aliphatic heterocycles. The first kappa shape index (κ1) is 18.3. The van der Waals surface area contributed by atoms with E-state index in [1.54, 1.807) is 10.5 Å². The van der Waals surface area contributed by atoms with Gasteiger partial charge >= 0.3 is 0 Å². The molecule has 26 heavy (non-hydrogen) atoms. The number of fused-ring (bicyclic) bond motifs is 1. The molecule has 136 valence electrons. The van der Waals surface area contributed by atoms with Crippen molar-refractivity contribution in [1.29, 1.82) is 0 Å². The van der Waals surface area contributed by atoms with Gasteiger partial charge in [0.05, 0.1) is 0 Å². The van der Waals surface area contributed by atoms with Crippen LogP contribution in [-0.4, -0.2) is 9.38 Å². The molecule has 0 bridgehead atoms. The van der Waals surface area contributed by atoms with Gasteiger partial charge in [0.25, 0.3) is 5.56 Å². The lowest BCUT2D eigenvalue weighted by atomic mass is 9.95. The Morgan fingerprint density at radius 3 is 2.50 bits per heavy atom. The number of aromatic nitrogens is 2. The van der Waals surface area contributed by atoms with Crippen molar-refractivity contribution in [3.63, 3.8) is 0 Å². The van der Waals surface area contributed by atoms with E-state index in [0.717, 1.165) is 17.7 Å². The molecule has 0 amide bonds. The first-order valence-corrected chi connectivity index (χ1v) is 9.39. The molecule has 4 nitrogen and oxygen atoms in total. The highest BCUT2D eigenvalue weighted by Crippen LogP contribution is 2.18. The monoisotopic (exact) mass is 350 g/mol. The molecule has 0 saturated carbocycles. The number of benzene rings is 1. The Morgan fingerprint density at radius 2 is 1.85 bits per heavy atom. The lowest BCUT2D eigenvalue weighted by Gasteiger charge is -2.20. The smallest absolute Gasteiger partial charge is 0.258 e. The first-order chi connectivity index (χ1) is 12.5.